The molecule has 0 aliphatic carbocycles. The first-order valence-corrected chi connectivity index (χ1v) is 7.69. The van der Waals surface area contributed by atoms with Crippen LogP contribution in [0, 0.1) is 0 Å². The Morgan fingerprint density at radius 2 is 1.91 bits per heavy atom. The number of hydrogen-bond acceptors (Lipinski definition) is 4. The molecule has 0 saturated heterocycles. The third kappa shape index (κ3) is 4.25. The fourth-order valence-corrected chi connectivity index (χ4v) is 2.64. The summed E-state index contributed by atoms with van der Waals surface area (Å²) in [5.74, 6) is 0. The Balaban J connectivity index is 2.01. The summed E-state index contributed by atoms with van der Waals surface area (Å²) < 4.78 is 63.3. The largest absolute Gasteiger partial charge is 0.433 e. The Morgan fingerprint density at radius 3 is 2.45 bits per heavy atom. The maximum Gasteiger partial charge on any atom is 0.433 e. The van der Waals surface area contributed by atoms with Gasteiger partial charge < -0.3 is 0 Å². The molecule has 0 aliphatic rings. The number of rotatable bonds is 5. The molecule has 1 N–H and O–H groups in total. The van der Waals surface area contributed by atoms with Crippen molar-refractivity contribution in [3.05, 3.63) is 54.1 Å². The molecule has 0 bridgehead atoms. The van der Waals surface area contributed by atoms with Crippen LogP contribution >= 0.6 is 0 Å². The molecule has 2 aromatic heterocycles. The molecule has 9 heteroatoms. The molecule has 118 valence electrons. The average Bonchev–Trinajstić information content (AvgIpc) is 2.47. The van der Waals surface area contributed by atoms with E-state index in [-0.39, 0.29) is 11.4 Å². The first-order valence-electron chi connectivity index (χ1n) is 6.21. The lowest BCUT2D eigenvalue weighted by Gasteiger charge is -2.08. The van der Waals surface area contributed by atoms with Gasteiger partial charge in [-0.2, -0.15) is 13.2 Å². The first-order chi connectivity index (χ1) is 10.3. The van der Waals surface area contributed by atoms with Crippen LogP contribution in [0.3, 0.4) is 0 Å². The van der Waals surface area contributed by atoms with Crippen molar-refractivity contribution in [1.82, 2.24) is 14.7 Å². The monoisotopic (exact) mass is 331 g/mol. The van der Waals surface area contributed by atoms with Gasteiger partial charge in [-0.15, -0.1) is 0 Å². The van der Waals surface area contributed by atoms with E-state index in [1.165, 1.54) is 0 Å². The molecule has 2 heterocycles. The van der Waals surface area contributed by atoms with E-state index in [4.69, 9.17) is 0 Å². The zero-order chi connectivity index (χ0) is 16.2. The van der Waals surface area contributed by atoms with Crippen molar-refractivity contribution in [1.29, 1.82) is 0 Å². The van der Waals surface area contributed by atoms with Crippen LogP contribution in [0.2, 0.25) is 0 Å². The van der Waals surface area contributed by atoms with Crippen molar-refractivity contribution in [3.8, 4) is 0 Å². The Bertz CT molecular complexity index is 716. The van der Waals surface area contributed by atoms with Gasteiger partial charge in [0.05, 0.1) is 0 Å². The van der Waals surface area contributed by atoms with Crippen molar-refractivity contribution in [2.24, 2.45) is 0 Å². The predicted molar refractivity (Wildman–Crippen MR) is 72.4 cm³/mol. The van der Waals surface area contributed by atoms with Gasteiger partial charge >= 0.3 is 6.18 Å². The minimum absolute atomic E-state index is 0.106. The molecule has 2 aromatic rings. The lowest BCUT2D eigenvalue weighted by Crippen LogP contribution is -2.26. The second-order valence-electron chi connectivity index (χ2n) is 4.39. The standard InChI is InChI=1S/C13H12F3N3O2S/c14-13(15,16)12-4-3-11(9-18-12)22(20,21)19-7-5-10-2-1-6-17-8-10/h1-4,6,8-9,19H,5,7H2. The summed E-state index contributed by atoms with van der Waals surface area (Å²) in [4.78, 5) is 6.71. The van der Waals surface area contributed by atoms with E-state index in [0.717, 1.165) is 11.6 Å². The number of aromatic nitrogens is 2. The van der Waals surface area contributed by atoms with Crippen LogP contribution in [0.5, 0.6) is 0 Å². The van der Waals surface area contributed by atoms with Crippen LogP contribution in [0.15, 0.2) is 47.8 Å². The Kier molecular flexibility index (Phi) is 4.77. The lowest BCUT2D eigenvalue weighted by atomic mass is 10.2. The molecule has 0 aliphatic heterocycles. The molecule has 0 fully saturated rings. The Morgan fingerprint density at radius 1 is 1.14 bits per heavy atom. The van der Waals surface area contributed by atoms with E-state index in [2.05, 4.69) is 14.7 Å². The number of alkyl halides is 3. The van der Waals surface area contributed by atoms with Gasteiger partial charge in [0.15, 0.2) is 0 Å². The minimum atomic E-state index is -4.60. The zero-order valence-electron chi connectivity index (χ0n) is 11.2. The van der Waals surface area contributed by atoms with E-state index in [1.54, 1.807) is 24.5 Å². The highest BCUT2D eigenvalue weighted by Crippen LogP contribution is 2.27. The molecule has 0 radical (unpaired) electrons. The zero-order valence-corrected chi connectivity index (χ0v) is 12.0. The number of nitrogens with one attached hydrogen (secondary N) is 1. The van der Waals surface area contributed by atoms with Gasteiger partial charge in [0.25, 0.3) is 0 Å². The number of halogens is 3. The Hall–Kier alpha value is -2.00. The molecule has 0 unspecified atom stereocenters. The van der Waals surface area contributed by atoms with Gasteiger partial charge in [0.2, 0.25) is 10.0 Å². The first kappa shape index (κ1) is 16.4. The smallest absolute Gasteiger partial charge is 0.264 e. The van der Waals surface area contributed by atoms with Gasteiger partial charge in [-0.1, -0.05) is 6.07 Å². The number of hydrogen-bond donors (Lipinski definition) is 1. The summed E-state index contributed by atoms with van der Waals surface area (Å²) in [5, 5.41) is 0. The van der Waals surface area contributed by atoms with Crippen LogP contribution in [-0.4, -0.2) is 24.9 Å². The quantitative estimate of drug-likeness (QED) is 0.910. The second kappa shape index (κ2) is 6.41. The fraction of sp³-hybridized carbons (Fsp3) is 0.231. The summed E-state index contributed by atoms with van der Waals surface area (Å²) in [6, 6.07) is 5.03. The van der Waals surface area contributed by atoms with Crippen LogP contribution in [0.25, 0.3) is 0 Å². The summed E-state index contributed by atoms with van der Waals surface area (Å²) in [5.41, 5.74) is -0.294. The third-order valence-corrected chi connectivity index (χ3v) is 4.21. The van der Waals surface area contributed by atoms with Gasteiger partial charge in [0.1, 0.15) is 10.6 Å². The van der Waals surface area contributed by atoms with Crippen molar-refractivity contribution in [2.75, 3.05) is 6.54 Å². The number of pyridine rings is 2. The molecule has 0 amide bonds. The van der Waals surface area contributed by atoms with Gasteiger partial charge in [-0.3, -0.25) is 9.97 Å². The molecular formula is C13H12F3N3O2S. The molecule has 0 aromatic carbocycles. The highest BCUT2D eigenvalue weighted by atomic mass is 32.2. The number of nitrogens with zero attached hydrogens (tertiary/aromatic N) is 2. The topological polar surface area (TPSA) is 72.0 Å². The van der Waals surface area contributed by atoms with Crippen LogP contribution in [-0.2, 0) is 22.6 Å². The molecule has 0 atom stereocenters. The van der Waals surface area contributed by atoms with Crippen molar-refractivity contribution >= 4 is 10.0 Å². The predicted octanol–water partition coefficient (Wildman–Crippen LogP) is 2.02. The van der Waals surface area contributed by atoms with Crippen molar-refractivity contribution in [3.63, 3.8) is 0 Å². The number of sulfonamides is 1. The van der Waals surface area contributed by atoms with E-state index in [0.29, 0.717) is 18.7 Å². The van der Waals surface area contributed by atoms with E-state index >= 15 is 0 Å². The summed E-state index contributed by atoms with van der Waals surface area (Å²) in [6.07, 6.45) is -0.290. The fourth-order valence-electron chi connectivity index (χ4n) is 1.67. The van der Waals surface area contributed by atoms with Crippen molar-refractivity contribution < 1.29 is 21.6 Å². The van der Waals surface area contributed by atoms with Gasteiger partial charge in [-0.05, 0) is 30.2 Å². The van der Waals surface area contributed by atoms with Crippen molar-refractivity contribution in [2.45, 2.75) is 17.5 Å². The third-order valence-electron chi connectivity index (χ3n) is 2.77. The molecular weight excluding hydrogens is 319 g/mol. The maximum absolute atomic E-state index is 12.4. The second-order valence-corrected chi connectivity index (χ2v) is 6.15. The summed E-state index contributed by atoms with van der Waals surface area (Å²) in [6.45, 7) is 0.106. The minimum Gasteiger partial charge on any atom is -0.264 e. The average molecular weight is 331 g/mol. The van der Waals surface area contributed by atoms with E-state index in [1.807, 2.05) is 0 Å². The summed E-state index contributed by atoms with van der Waals surface area (Å²) >= 11 is 0. The Labute approximate surface area is 125 Å². The molecule has 0 spiro atoms. The van der Waals surface area contributed by atoms with Crippen LogP contribution < -0.4 is 4.72 Å². The van der Waals surface area contributed by atoms with E-state index < -0.39 is 21.9 Å². The van der Waals surface area contributed by atoms with Crippen LogP contribution in [0.1, 0.15) is 11.3 Å². The molecule has 2 rings (SSSR count). The van der Waals surface area contributed by atoms with Crippen LogP contribution in [0.4, 0.5) is 13.2 Å². The lowest BCUT2D eigenvalue weighted by molar-refractivity contribution is -0.141. The SMILES string of the molecule is O=S(=O)(NCCc1cccnc1)c1ccc(C(F)(F)F)nc1. The van der Waals surface area contributed by atoms with E-state index in [9.17, 15) is 21.6 Å². The summed E-state index contributed by atoms with van der Waals surface area (Å²) in [7, 11) is -3.89. The maximum atomic E-state index is 12.4. The normalized spacial score (nSPS) is 12.3. The highest BCUT2D eigenvalue weighted by Gasteiger charge is 2.32. The van der Waals surface area contributed by atoms with Gasteiger partial charge in [-0.25, -0.2) is 13.1 Å². The van der Waals surface area contributed by atoms with Gasteiger partial charge in [0, 0.05) is 25.1 Å². The molecule has 22 heavy (non-hydrogen) atoms. The molecule has 0 saturated carbocycles. The molecule has 5 nitrogen and oxygen atoms in total. The highest BCUT2D eigenvalue weighted by molar-refractivity contribution is 7.89.